The number of halogens is 10. The van der Waals surface area contributed by atoms with E-state index in [1.165, 1.54) is 133 Å². The Morgan fingerprint density at radius 1 is 0.510 bits per heavy atom. The van der Waals surface area contributed by atoms with Crippen molar-refractivity contribution in [1.82, 2.24) is 80.3 Å². The van der Waals surface area contributed by atoms with Crippen molar-refractivity contribution in [3.63, 3.8) is 0 Å². The van der Waals surface area contributed by atoms with E-state index in [4.69, 9.17) is 10.5 Å². The van der Waals surface area contributed by atoms with Gasteiger partial charge in [0.1, 0.15) is 64.2 Å². The lowest BCUT2D eigenvalue weighted by Crippen LogP contribution is -2.48. The summed E-state index contributed by atoms with van der Waals surface area (Å²) in [5.41, 5.74) is 7.41. The Morgan fingerprint density at radius 3 is 1.32 bits per heavy atom. The Kier molecular flexibility index (Phi) is 27.0. The van der Waals surface area contributed by atoms with Gasteiger partial charge in [-0.05, 0) is 98.3 Å². The highest BCUT2D eigenvalue weighted by Gasteiger charge is 2.24. The second-order valence-electron chi connectivity index (χ2n) is 23.2. The third kappa shape index (κ3) is 21.6. The van der Waals surface area contributed by atoms with Gasteiger partial charge in [0.15, 0.2) is 23.3 Å². The molecule has 7 heterocycles. The minimum atomic E-state index is -0.758. The molecule has 5 aromatic heterocycles. The van der Waals surface area contributed by atoms with E-state index in [2.05, 4.69) is 72.4 Å². The molecule has 24 nitrogen and oxygen atoms in total. The van der Waals surface area contributed by atoms with Gasteiger partial charge in [-0.15, -0.1) is 25.5 Å². The number of hydrogen-bond donors (Lipinski definition) is 4. The average molecular weight is 1420 g/mol. The normalized spacial score (nSPS) is 13.6. The van der Waals surface area contributed by atoms with Crippen LogP contribution in [0.3, 0.4) is 0 Å². The molecule has 34 heteroatoms. The summed E-state index contributed by atoms with van der Waals surface area (Å²) in [4.78, 5) is 28.1. The number of ether oxygens (including phenoxy) is 1. The Balaban J connectivity index is 0.000000150. The molecule has 13 rings (SSSR count). The van der Waals surface area contributed by atoms with Gasteiger partial charge in [0.05, 0.1) is 82.5 Å². The molecule has 2 amide bonds. The number of nitrogens with zero attached hydrogens (tertiary/aromatic N) is 17. The fourth-order valence-electron chi connectivity index (χ4n) is 10.0. The van der Waals surface area contributed by atoms with E-state index in [9.17, 15) is 53.5 Å². The lowest BCUT2D eigenvalue weighted by molar-refractivity contribution is -0.121. The maximum atomic E-state index is 13.7. The van der Waals surface area contributed by atoms with Crippen molar-refractivity contribution in [3.8, 4) is 0 Å². The summed E-state index contributed by atoms with van der Waals surface area (Å²) in [6, 6.07) is 26.9. The van der Waals surface area contributed by atoms with Crippen LogP contribution in [-0.4, -0.2) is 146 Å². The topological polar surface area (TPSA) is 266 Å². The van der Waals surface area contributed by atoms with Crippen LogP contribution in [0.25, 0.3) is 0 Å². The summed E-state index contributed by atoms with van der Waals surface area (Å²) in [6.07, 6.45) is 12.5. The Bertz CT molecular complexity index is 4400. The zero-order chi connectivity index (χ0) is 72.7. The van der Waals surface area contributed by atoms with Crippen LogP contribution < -0.4 is 31.5 Å². The number of aryl methyl sites for hydroxylation is 1. The number of carbonyl (C=O) groups excluding carboxylic acids is 2. The monoisotopic (exact) mass is 1420 g/mol. The van der Waals surface area contributed by atoms with E-state index in [1.54, 1.807) is 23.5 Å². The molecule has 102 heavy (non-hydrogen) atoms. The fourth-order valence-corrected chi connectivity index (χ4v) is 10.0. The highest BCUT2D eigenvalue weighted by Crippen LogP contribution is 2.22. The smallest absolute Gasteiger partial charge is 0.245 e. The van der Waals surface area contributed by atoms with Gasteiger partial charge in [0.2, 0.25) is 11.8 Å². The van der Waals surface area contributed by atoms with E-state index in [0.717, 1.165) is 49.4 Å². The number of carbonyl (C=O) groups is 2. The number of benzene rings is 6. The van der Waals surface area contributed by atoms with Crippen molar-refractivity contribution < 1.29 is 58.2 Å². The molecule has 536 valence electrons. The van der Waals surface area contributed by atoms with E-state index in [1.807, 2.05) is 51.4 Å². The molecule has 0 bridgehead atoms. The second-order valence-corrected chi connectivity index (χ2v) is 23.2. The van der Waals surface area contributed by atoms with E-state index < -0.39 is 76.2 Å². The molecule has 0 saturated carbocycles. The number of anilines is 4. The first-order chi connectivity index (χ1) is 49.2. The molecule has 5 N–H and O–H groups in total. The van der Waals surface area contributed by atoms with Crippen LogP contribution in [0.15, 0.2) is 152 Å². The van der Waals surface area contributed by atoms with Gasteiger partial charge in [-0.2, -0.15) is 0 Å². The molecule has 2 aliphatic heterocycles. The molecule has 6 aromatic carbocycles. The minimum absolute atomic E-state index is 0.00931. The molecule has 0 spiro atoms. The molecule has 2 saturated heterocycles. The largest absolute Gasteiger partial charge is 0.378 e. The Morgan fingerprint density at radius 2 is 0.912 bits per heavy atom. The standard InChI is InChI=1S/C18H17F2N5O.C14H15F2N5O2.C14H16F2N4.C11H12F2N4.C11H11F2N3/c19-14-7-4-8-15(20)13(14)10-25-11-17(23-24-25)22-18(26)16(21)9-12-5-2-1-3-6-12;15-10-2-1-3-11(16)9(10)6-21-7-13(19-20-21)18-14(22)12-8-23-5-4-17-12;15-12-5-4-6-13(16)11(12)9-20-10-14(17-18-20)19-7-2-1-3-8-19;1-16(2)11-7-17(15-14-11)6-8-9(12)4-3-5-10(8)13;1-2-8-6-16(15-14-8)7-9-10(12)4-3-5-11(9)13/h1-8,11,16H,9-10,21H2,(H,22,26);1-3,7,12,17H,4-6,8H2,(H,18,22);4-6,10H,1-3,7-9H2;3-5,7H,6H2,1-2H3;3-6H,2,7H2,1H3/t16-;12-;;;/m01.../s1. The number of morpholine rings is 1. The van der Waals surface area contributed by atoms with E-state index >= 15 is 0 Å². The maximum Gasteiger partial charge on any atom is 0.245 e. The fraction of sp³-hybridized carbons (Fsp3) is 0.294. The molecule has 2 aliphatic rings. The zero-order valence-electron chi connectivity index (χ0n) is 55.4. The van der Waals surface area contributed by atoms with Crippen molar-refractivity contribution in [2.45, 2.75) is 83.8 Å². The summed E-state index contributed by atoms with van der Waals surface area (Å²) in [7, 11) is 3.63. The highest BCUT2D eigenvalue weighted by atomic mass is 19.2. The summed E-state index contributed by atoms with van der Waals surface area (Å²) < 4.78 is 147. The molecule has 0 radical (unpaired) electrons. The number of hydrogen-bond acceptors (Lipinski definition) is 17. The van der Waals surface area contributed by atoms with E-state index in [0.29, 0.717) is 25.4 Å². The molecule has 11 aromatic rings. The lowest BCUT2D eigenvalue weighted by Gasteiger charge is -2.25. The second kappa shape index (κ2) is 36.7. The molecule has 0 aliphatic carbocycles. The van der Waals surface area contributed by atoms with Crippen molar-refractivity contribution in [2.75, 3.05) is 67.4 Å². The Hall–Kier alpha value is -11.3. The first-order valence-corrected chi connectivity index (χ1v) is 32.0. The van der Waals surface area contributed by atoms with Gasteiger partial charge in [0.25, 0.3) is 0 Å². The van der Waals surface area contributed by atoms with Crippen LogP contribution in [0.5, 0.6) is 0 Å². The Labute approximate surface area is 578 Å². The van der Waals surface area contributed by atoms with Gasteiger partial charge < -0.3 is 36.2 Å². The molecule has 2 fully saturated rings. The number of nitrogens with two attached hydrogens (primary N) is 1. The van der Waals surface area contributed by atoms with Crippen LogP contribution in [0.2, 0.25) is 0 Å². The number of rotatable bonds is 19. The quantitative estimate of drug-likeness (QED) is 0.0550. The summed E-state index contributed by atoms with van der Waals surface area (Å²) in [6.45, 7) is 5.19. The number of aromatic nitrogens is 15. The lowest BCUT2D eigenvalue weighted by atomic mass is 10.1. The van der Waals surface area contributed by atoms with Gasteiger partial charge in [-0.3, -0.25) is 9.59 Å². The van der Waals surface area contributed by atoms with Crippen molar-refractivity contribution in [1.29, 1.82) is 0 Å². The minimum Gasteiger partial charge on any atom is -0.378 e. The molecule has 0 unspecified atom stereocenters. The van der Waals surface area contributed by atoms with Gasteiger partial charge in [-0.25, -0.2) is 67.3 Å². The van der Waals surface area contributed by atoms with Crippen LogP contribution in [0, 0.1) is 58.2 Å². The predicted octanol–water partition coefficient (Wildman–Crippen LogP) is 9.08. The van der Waals surface area contributed by atoms with Crippen LogP contribution in [-0.2, 0) is 59.9 Å². The zero-order valence-corrected chi connectivity index (χ0v) is 55.4. The van der Waals surface area contributed by atoms with Crippen LogP contribution >= 0.6 is 0 Å². The van der Waals surface area contributed by atoms with Crippen molar-refractivity contribution in [3.05, 3.63) is 250 Å². The van der Waals surface area contributed by atoms with Gasteiger partial charge >= 0.3 is 0 Å². The summed E-state index contributed by atoms with van der Waals surface area (Å²) >= 11 is 0. The third-order valence-electron chi connectivity index (χ3n) is 15.5. The summed E-state index contributed by atoms with van der Waals surface area (Å²) in [5, 5.41) is 46.6. The van der Waals surface area contributed by atoms with Crippen molar-refractivity contribution >= 4 is 35.1 Å². The maximum absolute atomic E-state index is 13.7. The molecular weight excluding hydrogens is 1350 g/mol. The van der Waals surface area contributed by atoms with E-state index in [-0.39, 0.29) is 84.7 Å². The average Bonchev–Trinajstić information content (AvgIpc) is 1.54. The van der Waals surface area contributed by atoms with Gasteiger partial charge in [-0.1, -0.05) is 93.7 Å². The SMILES string of the molecule is CCc1cn(Cc2c(F)cccc2F)nn1.CN(C)c1cn(Cc2c(F)cccc2F)nn1.Fc1cccc(F)c1Cn1cc(N2CCCCC2)nn1.N[C@@H](Cc1ccccc1)C(=O)Nc1cn(Cc2c(F)cccc2F)nn1.O=C(Nc1cn(Cc2c(F)cccc2F)nn1)[C@H]1COCCN1. The number of piperidine rings is 1. The molecular formula is C68H71F10N21O3. The first kappa shape index (κ1) is 75.0. The van der Waals surface area contributed by atoms with Crippen molar-refractivity contribution in [2.24, 2.45) is 5.73 Å². The summed E-state index contributed by atoms with van der Waals surface area (Å²) in [5.74, 6) is -4.97. The highest BCUT2D eigenvalue weighted by molar-refractivity contribution is 5.94. The number of nitrogens with one attached hydrogen (secondary N) is 3. The molecule has 2 atom stereocenters. The van der Waals surface area contributed by atoms with Gasteiger partial charge in [0, 0.05) is 67.7 Å². The first-order valence-electron chi connectivity index (χ1n) is 32.0. The predicted molar refractivity (Wildman–Crippen MR) is 355 cm³/mol. The third-order valence-corrected chi connectivity index (χ3v) is 15.5. The number of amides is 2. The van der Waals surface area contributed by atoms with Crippen LogP contribution in [0.4, 0.5) is 67.2 Å². The van der Waals surface area contributed by atoms with Crippen LogP contribution in [0.1, 0.15) is 65.3 Å².